The second-order valence-electron chi connectivity index (χ2n) is 8.97. The predicted octanol–water partition coefficient (Wildman–Crippen LogP) is 8.60. The molecule has 0 aliphatic heterocycles. The van der Waals surface area contributed by atoms with Crippen LogP contribution < -0.4 is 0 Å². The van der Waals surface area contributed by atoms with Gasteiger partial charge in [-0.2, -0.15) is 0 Å². The molecule has 2 atom stereocenters. The molecule has 2 aliphatic rings. The third-order valence-corrected chi connectivity index (χ3v) is 13.3. The van der Waals surface area contributed by atoms with Crippen molar-refractivity contribution in [2.24, 2.45) is 0 Å². The summed E-state index contributed by atoms with van der Waals surface area (Å²) in [5, 5.41) is 0. The van der Waals surface area contributed by atoms with Gasteiger partial charge in [0.15, 0.2) is 0 Å². The van der Waals surface area contributed by atoms with Gasteiger partial charge in [0.1, 0.15) is 0 Å². The van der Waals surface area contributed by atoms with Gasteiger partial charge in [-0.15, -0.1) is 0 Å². The van der Waals surface area contributed by atoms with Gasteiger partial charge in [0.25, 0.3) is 0 Å². The molecule has 0 amide bonds. The molecule has 32 heavy (non-hydrogen) atoms. The fraction of sp³-hybridized carbons (Fsp3) is 0.172. The summed E-state index contributed by atoms with van der Waals surface area (Å²) in [6.07, 6.45) is 1.98. The van der Waals surface area contributed by atoms with E-state index in [1.165, 1.54) is 55.6 Å². The Labute approximate surface area is 205 Å². The van der Waals surface area contributed by atoms with E-state index < -0.39 is 19.4 Å². The topological polar surface area (TPSA) is 0 Å². The molecule has 6 rings (SSSR count). The van der Waals surface area contributed by atoms with Crippen molar-refractivity contribution in [3.05, 3.63) is 118 Å². The Kier molecular flexibility index (Phi) is 5.41. The second kappa shape index (κ2) is 8.28. The molecule has 3 heteroatoms. The van der Waals surface area contributed by atoms with E-state index in [1.54, 1.807) is 0 Å². The van der Waals surface area contributed by atoms with Crippen LogP contribution in [0.25, 0.3) is 22.3 Å². The van der Waals surface area contributed by atoms with Gasteiger partial charge >= 0.3 is 206 Å². The van der Waals surface area contributed by atoms with Crippen LogP contribution in [0.5, 0.6) is 0 Å². The fourth-order valence-corrected chi connectivity index (χ4v) is 12.1. The summed E-state index contributed by atoms with van der Waals surface area (Å²) in [6.45, 7) is 2.34. The van der Waals surface area contributed by atoms with Crippen molar-refractivity contribution in [2.45, 2.75) is 29.3 Å². The number of rotatable bonds is 4. The van der Waals surface area contributed by atoms with Crippen LogP contribution in [0, 0.1) is 0 Å². The fourth-order valence-electron chi connectivity index (χ4n) is 5.84. The molecule has 0 nitrogen and oxygen atoms in total. The van der Waals surface area contributed by atoms with Gasteiger partial charge in [0, 0.05) is 0 Å². The maximum atomic E-state index is 6.94. The molecular formula is C29H23Cl2Zr. The molecule has 2 aliphatic carbocycles. The van der Waals surface area contributed by atoms with E-state index in [-0.39, 0.29) is 3.63 Å². The number of fused-ring (bicyclic) bond motifs is 6. The molecule has 4 aromatic carbocycles. The first kappa shape index (κ1) is 20.9. The van der Waals surface area contributed by atoms with Gasteiger partial charge < -0.3 is 0 Å². The first-order chi connectivity index (χ1) is 15.6. The zero-order valence-electron chi connectivity index (χ0n) is 17.9. The SMILES string of the molecule is CC(c1cccc2c1Cc1ccccc1-2)[CH](c1cccc2c1Cc1ccccc1-2)[Zr]([Cl])[Cl]. The average Bonchev–Trinajstić information content (AvgIpc) is 3.38. The first-order valence-electron chi connectivity index (χ1n) is 11.2. The van der Waals surface area contributed by atoms with E-state index in [1.807, 2.05) is 0 Å². The zero-order valence-corrected chi connectivity index (χ0v) is 21.9. The second-order valence-corrected chi connectivity index (χ2v) is 17.9. The predicted molar refractivity (Wildman–Crippen MR) is 132 cm³/mol. The van der Waals surface area contributed by atoms with Crippen LogP contribution in [0.1, 0.15) is 49.8 Å². The maximum absolute atomic E-state index is 6.94. The van der Waals surface area contributed by atoms with Crippen LogP contribution in [0.2, 0.25) is 0 Å². The number of halogens is 2. The number of hydrogen-bond acceptors (Lipinski definition) is 0. The quantitative estimate of drug-likeness (QED) is 0.213. The summed E-state index contributed by atoms with van der Waals surface area (Å²) in [5.41, 5.74) is 14.0. The molecule has 0 N–H and O–H groups in total. The summed E-state index contributed by atoms with van der Waals surface area (Å²) < 4.78 is 0.222. The van der Waals surface area contributed by atoms with Crippen LogP contribution in [0.4, 0.5) is 0 Å². The van der Waals surface area contributed by atoms with Gasteiger partial charge in [0.05, 0.1) is 0 Å². The summed E-state index contributed by atoms with van der Waals surface area (Å²) in [4.78, 5) is 0. The van der Waals surface area contributed by atoms with E-state index >= 15 is 0 Å². The van der Waals surface area contributed by atoms with Crippen LogP contribution in [0.3, 0.4) is 0 Å². The molecule has 0 bridgehead atoms. The van der Waals surface area contributed by atoms with Crippen molar-refractivity contribution in [3.8, 4) is 22.3 Å². The molecule has 0 fully saturated rings. The Morgan fingerprint density at radius 2 is 1.06 bits per heavy atom. The van der Waals surface area contributed by atoms with E-state index in [2.05, 4.69) is 91.9 Å². The Bertz CT molecular complexity index is 1340. The van der Waals surface area contributed by atoms with Crippen LogP contribution in [0.15, 0.2) is 84.9 Å². The third kappa shape index (κ3) is 3.28. The minimum atomic E-state index is -2.67. The number of hydrogen-bond donors (Lipinski definition) is 0. The van der Waals surface area contributed by atoms with Gasteiger partial charge in [-0.25, -0.2) is 0 Å². The third-order valence-electron chi connectivity index (χ3n) is 7.33. The average molecular weight is 534 g/mol. The molecule has 0 saturated carbocycles. The standard InChI is InChI=1S/C29H23.2ClH.Zr/c1-19(23-13-7-15-27-25-12-5-3-9-22(25)18-29(23)27)16-20-10-6-14-26-24-11-4-2-8-21(24)17-28(20)26;;;/h2-16,19H,17-18H2,1H3;2*1H;/q;;;+2/p-2. The van der Waals surface area contributed by atoms with Gasteiger partial charge in [0.2, 0.25) is 0 Å². The van der Waals surface area contributed by atoms with E-state index in [4.69, 9.17) is 17.0 Å². The minimum absolute atomic E-state index is 0.222. The normalized spacial score (nSPS) is 14.8. The Hall–Kier alpha value is -1.66. The summed E-state index contributed by atoms with van der Waals surface area (Å²) in [5.74, 6) is 0.291. The van der Waals surface area contributed by atoms with Crippen molar-refractivity contribution in [1.82, 2.24) is 0 Å². The summed E-state index contributed by atoms with van der Waals surface area (Å²) in [6, 6.07) is 31.1. The van der Waals surface area contributed by atoms with Crippen molar-refractivity contribution in [2.75, 3.05) is 0 Å². The van der Waals surface area contributed by atoms with Gasteiger partial charge in [-0.3, -0.25) is 0 Å². The molecule has 2 unspecified atom stereocenters. The summed E-state index contributed by atoms with van der Waals surface area (Å²) >= 11 is -2.67. The van der Waals surface area contributed by atoms with Crippen molar-refractivity contribution in [3.63, 3.8) is 0 Å². The van der Waals surface area contributed by atoms with E-state index in [9.17, 15) is 0 Å². The Balaban J connectivity index is 1.45. The molecule has 157 valence electrons. The summed E-state index contributed by atoms with van der Waals surface area (Å²) in [7, 11) is 13.9. The Morgan fingerprint density at radius 3 is 1.62 bits per heavy atom. The molecule has 0 aromatic heterocycles. The van der Waals surface area contributed by atoms with Crippen molar-refractivity contribution in [1.29, 1.82) is 0 Å². The van der Waals surface area contributed by atoms with Crippen molar-refractivity contribution < 1.29 is 19.4 Å². The monoisotopic (exact) mass is 531 g/mol. The number of benzene rings is 4. The van der Waals surface area contributed by atoms with E-state index in [0.29, 0.717) is 5.92 Å². The molecule has 4 aromatic rings. The Morgan fingerprint density at radius 1 is 0.594 bits per heavy atom. The van der Waals surface area contributed by atoms with Crippen molar-refractivity contribution >= 4 is 17.0 Å². The first-order valence-corrected chi connectivity index (χ1v) is 19.0. The van der Waals surface area contributed by atoms with Crippen LogP contribution >= 0.6 is 17.0 Å². The van der Waals surface area contributed by atoms with Gasteiger partial charge in [-0.05, 0) is 0 Å². The van der Waals surface area contributed by atoms with Gasteiger partial charge in [-0.1, -0.05) is 0 Å². The molecule has 0 heterocycles. The van der Waals surface area contributed by atoms with E-state index in [0.717, 1.165) is 12.8 Å². The molecule has 0 radical (unpaired) electrons. The molecular weight excluding hydrogens is 510 g/mol. The molecule has 0 saturated heterocycles. The van der Waals surface area contributed by atoms with Crippen LogP contribution in [-0.2, 0) is 32.2 Å². The zero-order chi connectivity index (χ0) is 21.8. The van der Waals surface area contributed by atoms with Crippen LogP contribution in [-0.4, -0.2) is 0 Å². The molecule has 0 spiro atoms.